The summed E-state index contributed by atoms with van der Waals surface area (Å²) in [7, 11) is 0. The van der Waals surface area contributed by atoms with Crippen molar-refractivity contribution < 1.29 is 79.7 Å². The third-order valence-electron chi connectivity index (χ3n) is 0.499. The maximum atomic E-state index is 9.85. The molecule has 11 heteroatoms. The average Bonchev–Trinajstić information content (AvgIpc) is 1.59. The fraction of sp³-hybridized carbons (Fsp3) is 1.00. The van der Waals surface area contributed by atoms with E-state index in [1.807, 2.05) is 0 Å². The van der Waals surface area contributed by atoms with Crippen LogP contribution >= 0.6 is 18.2 Å². The Morgan fingerprint density at radius 1 is 1.23 bits per heavy atom. The van der Waals surface area contributed by atoms with Crippen LogP contribution < -0.4 is 66.4 Å². The summed E-state index contributed by atoms with van der Waals surface area (Å²) in [5.41, 5.74) is 0. The van der Waals surface area contributed by atoms with Gasteiger partial charge in [-0.25, -0.2) is 0 Å². The fourth-order valence-electron chi connectivity index (χ4n) is 0.217. The van der Waals surface area contributed by atoms with Crippen LogP contribution in [0.25, 0.3) is 0 Å². The van der Waals surface area contributed by atoms with E-state index in [0.29, 0.717) is 0 Å². The molecule has 1 unspecified atom stereocenters. The Balaban J connectivity index is -0.000000135. The van der Waals surface area contributed by atoms with Gasteiger partial charge in [0.05, 0.1) is 0 Å². The summed E-state index contributed by atoms with van der Waals surface area (Å²) in [6.45, 7) is -4.58. The largest absolute Gasteiger partial charge is 1.00 e. The van der Waals surface area contributed by atoms with Crippen molar-refractivity contribution >= 4 is 29.3 Å². The Hall–Kier alpha value is 2.40. The van der Waals surface area contributed by atoms with E-state index in [1.54, 1.807) is 0 Å². The van der Waals surface area contributed by atoms with Crippen molar-refractivity contribution in [2.24, 2.45) is 0 Å². The predicted molar refractivity (Wildman–Crippen MR) is 33.9 cm³/mol. The Kier molecular flexibility index (Phi) is 23.6. The van der Waals surface area contributed by atoms with Gasteiger partial charge in [0.1, 0.15) is 0 Å². The van der Waals surface area contributed by atoms with Crippen LogP contribution in [0.15, 0.2) is 0 Å². The Labute approximate surface area is 119 Å². The van der Waals surface area contributed by atoms with Gasteiger partial charge in [-0.05, 0) is 6.80 Å². The molecule has 0 heterocycles. The summed E-state index contributed by atoms with van der Waals surface area (Å²) in [6, 6.07) is 0. The molecule has 0 radical (unpaired) electrons. The molecule has 0 aliphatic heterocycles. The van der Waals surface area contributed by atoms with Gasteiger partial charge in [0.15, 0.2) is 0 Å². The third-order valence-corrected chi connectivity index (χ3v) is 3.49. The molecule has 0 saturated carbocycles. The molecule has 0 spiro atoms. The number of hydrogen-bond acceptors (Lipinski definition) is 6. The van der Waals surface area contributed by atoms with Crippen molar-refractivity contribution in [3.8, 4) is 0 Å². The normalized spacial score (nSPS) is 11.6. The van der Waals surface area contributed by atoms with Gasteiger partial charge in [0.25, 0.3) is 0 Å². The van der Waals surface area contributed by atoms with Crippen LogP contribution in [0.5, 0.6) is 0 Å². The maximum absolute atomic E-state index is 9.85. The van der Waals surface area contributed by atoms with E-state index >= 15 is 0 Å². The molecule has 13 heavy (non-hydrogen) atoms. The van der Waals surface area contributed by atoms with E-state index in [4.69, 9.17) is 0 Å². The summed E-state index contributed by atoms with van der Waals surface area (Å²) in [5, 5.41) is 0. The monoisotopic (exact) mass is 224 g/mol. The number of hydrogen-bond donors (Lipinski definition) is 0. The first kappa shape index (κ1) is 24.6. The topological polar surface area (TPSA) is 103 Å². The van der Waals surface area contributed by atoms with Crippen LogP contribution in [0, 0.1) is 0 Å². The SMILES string of the molecule is O=S([O-])CCSP(=O)([O-])[O-].[Li+].[Li+].[Li+]. The Bertz CT molecular complexity index is 173. The van der Waals surface area contributed by atoms with Crippen molar-refractivity contribution in [1.82, 2.24) is 0 Å². The third kappa shape index (κ3) is 25.1. The Morgan fingerprint density at radius 3 is 1.85 bits per heavy atom. The van der Waals surface area contributed by atoms with Crippen molar-refractivity contribution in [3.05, 3.63) is 0 Å². The first-order chi connectivity index (χ1) is 4.42. The maximum Gasteiger partial charge on any atom is 1.00 e. The smallest absolute Gasteiger partial charge is 0.803 e. The molecule has 0 N–H and O–H groups in total. The van der Waals surface area contributed by atoms with Gasteiger partial charge in [-0.2, -0.15) is 0 Å². The molecule has 0 rings (SSSR count). The summed E-state index contributed by atoms with van der Waals surface area (Å²) < 4.78 is 29.4. The molecule has 0 aromatic carbocycles. The summed E-state index contributed by atoms with van der Waals surface area (Å²) in [5.74, 6) is -0.500. The minimum Gasteiger partial charge on any atom is -0.803 e. The second kappa shape index (κ2) is 12.5. The molecule has 0 aromatic heterocycles. The van der Waals surface area contributed by atoms with Gasteiger partial charge in [-0.15, -0.1) is 11.4 Å². The zero-order chi connectivity index (χ0) is 8.20. The van der Waals surface area contributed by atoms with Gasteiger partial charge in [-0.3, -0.25) is 4.21 Å². The standard InChI is InChI=1S/C2H7O5PS2.3Li/c3-8(4,5)9-1-2-10(6)7;;;/h1-2H2,(H,6,7)(H2,3,4,5);;;/q;3*+1/p-3. The van der Waals surface area contributed by atoms with Crippen molar-refractivity contribution in [3.63, 3.8) is 0 Å². The van der Waals surface area contributed by atoms with E-state index in [-0.39, 0.29) is 79.5 Å². The second-order valence-corrected chi connectivity index (χ2v) is 5.98. The minimum atomic E-state index is -4.58. The molecule has 0 aliphatic carbocycles. The molecule has 1 atom stereocenters. The number of rotatable bonds is 4. The van der Waals surface area contributed by atoms with Crippen LogP contribution in [-0.4, -0.2) is 20.3 Å². The summed E-state index contributed by atoms with van der Waals surface area (Å²) >= 11 is -2.16. The van der Waals surface area contributed by atoms with Crippen molar-refractivity contribution in [2.45, 2.75) is 0 Å². The van der Waals surface area contributed by atoms with Crippen molar-refractivity contribution in [2.75, 3.05) is 11.5 Å². The van der Waals surface area contributed by atoms with Gasteiger partial charge in [0, 0.05) is 11.5 Å². The molecule has 0 aliphatic rings. The van der Waals surface area contributed by atoms with Gasteiger partial charge < -0.3 is 18.9 Å². The minimum absolute atomic E-state index is 0. The van der Waals surface area contributed by atoms with Gasteiger partial charge in [0.2, 0.25) is 0 Å². The van der Waals surface area contributed by atoms with Crippen LogP contribution in [0.1, 0.15) is 0 Å². The van der Waals surface area contributed by atoms with Gasteiger partial charge in [-0.1, -0.05) is 11.1 Å². The summed E-state index contributed by atoms with van der Waals surface area (Å²) in [4.78, 5) is 19.7. The van der Waals surface area contributed by atoms with E-state index in [9.17, 15) is 23.1 Å². The van der Waals surface area contributed by atoms with Crippen LogP contribution in [0.3, 0.4) is 0 Å². The molecule has 0 amide bonds. The molecular weight excluding hydrogens is 220 g/mol. The van der Waals surface area contributed by atoms with Gasteiger partial charge >= 0.3 is 56.6 Å². The predicted octanol–water partition coefficient (Wildman–Crippen LogP) is -10.6. The van der Waals surface area contributed by atoms with Crippen LogP contribution in [0.4, 0.5) is 0 Å². The summed E-state index contributed by atoms with van der Waals surface area (Å²) in [6.07, 6.45) is 0. The van der Waals surface area contributed by atoms with E-state index < -0.39 is 17.9 Å². The molecule has 62 valence electrons. The molecule has 5 nitrogen and oxygen atoms in total. The molecule has 0 fully saturated rings. The van der Waals surface area contributed by atoms with Crippen molar-refractivity contribution in [1.29, 1.82) is 0 Å². The first-order valence-corrected chi connectivity index (χ1v) is 6.52. The second-order valence-electron chi connectivity index (χ2n) is 1.29. The molecule has 0 bridgehead atoms. The quantitative estimate of drug-likeness (QED) is 0.267. The molecular formula is C2H4Li3O5PS2. The van der Waals surface area contributed by atoms with Crippen LogP contribution in [0.2, 0.25) is 0 Å². The average molecular weight is 224 g/mol. The van der Waals surface area contributed by atoms with Crippen LogP contribution in [-0.2, 0) is 15.6 Å². The molecule has 0 aromatic rings. The first-order valence-electron chi connectivity index (χ1n) is 2.14. The van der Waals surface area contributed by atoms with E-state index in [0.717, 1.165) is 0 Å². The molecule has 0 saturated heterocycles. The van der Waals surface area contributed by atoms with E-state index in [1.165, 1.54) is 0 Å². The zero-order valence-corrected chi connectivity index (χ0v) is 10.2. The van der Waals surface area contributed by atoms with E-state index in [2.05, 4.69) is 0 Å². The fourth-order valence-corrected chi connectivity index (χ4v) is 2.62. The zero-order valence-electron chi connectivity index (χ0n) is 7.72. The Morgan fingerprint density at radius 2 is 1.62 bits per heavy atom.